The third-order valence-corrected chi connectivity index (χ3v) is 11.4. The first kappa shape index (κ1) is 67.2. The average molecular weight is 1250 g/mol. The Labute approximate surface area is 476 Å². The molecule has 82 heavy (non-hydrogen) atoms. The molecule has 0 spiro atoms. The third-order valence-electron chi connectivity index (χ3n) is 9.36. The molecule has 436 valence electrons. The molecule has 0 aliphatic rings. The number of halogens is 7. The number of aromatic nitrogens is 10. The normalized spacial score (nSPS) is 10.0. The number of carboxylic acid groups (broad SMARTS) is 1. The van der Waals surface area contributed by atoms with Crippen LogP contribution < -0.4 is 33.3 Å². The van der Waals surface area contributed by atoms with Crippen LogP contribution in [0.4, 0.5) is 36.6 Å². The quantitative estimate of drug-likeness (QED) is 0.0495. The Morgan fingerprint density at radius 2 is 1.06 bits per heavy atom. The van der Waals surface area contributed by atoms with Gasteiger partial charge in [-0.25, -0.2) is 65.4 Å². The van der Waals surface area contributed by atoms with Crippen molar-refractivity contribution < 1.29 is 60.1 Å². The summed E-state index contributed by atoms with van der Waals surface area (Å²) in [4.78, 5) is 98.2. The lowest BCUT2D eigenvalue weighted by molar-refractivity contribution is 0.0582. The van der Waals surface area contributed by atoms with Gasteiger partial charge in [0.05, 0.1) is 40.5 Å². The van der Waals surface area contributed by atoms with Gasteiger partial charge in [0, 0.05) is 64.6 Å². The van der Waals surface area contributed by atoms with Crippen LogP contribution in [0.1, 0.15) is 62.8 Å². The van der Waals surface area contributed by atoms with Gasteiger partial charge in [-0.3, -0.25) is 33.7 Å². The van der Waals surface area contributed by atoms with Gasteiger partial charge in [0.15, 0.2) is 27.3 Å². The zero-order valence-corrected chi connectivity index (χ0v) is 46.3. The number of methoxy groups -OCH3 is 2. The minimum atomic E-state index is -1.24. The fraction of sp³-hybridized carbons (Fsp3) is 0.240. The highest BCUT2D eigenvalue weighted by Crippen LogP contribution is 2.22. The van der Waals surface area contributed by atoms with E-state index in [1.54, 1.807) is 30.6 Å². The van der Waals surface area contributed by atoms with Crippen molar-refractivity contribution in [3.8, 4) is 0 Å². The summed E-state index contributed by atoms with van der Waals surface area (Å²) >= 11 is 5.56. The summed E-state index contributed by atoms with van der Waals surface area (Å²) in [6.45, 7) is -3.08. The lowest BCUT2D eigenvalue weighted by atomic mass is 10.1. The molecule has 8 rings (SSSR count). The van der Waals surface area contributed by atoms with Crippen LogP contribution in [-0.4, -0.2) is 125 Å². The highest BCUT2D eigenvalue weighted by atomic mass is 79.9. The predicted molar refractivity (Wildman–Crippen MR) is 293 cm³/mol. The number of aromatic carboxylic acids is 1. The number of rotatable bonds is 16. The number of carbonyl (C=O) groups is 4. The smallest absolute Gasteiger partial charge is 0.358 e. The van der Waals surface area contributed by atoms with Crippen molar-refractivity contribution in [1.29, 1.82) is 0 Å². The van der Waals surface area contributed by atoms with Crippen LogP contribution in [0.25, 0.3) is 0 Å². The Morgan fingerprint density at radius 1 is 0.622 bits per heavy atom. The first-order valence-corrected chi connectivity index (χ1v) is 26.0. The molecule has 0 fully saturated rings. The van der Waals surface area contributed by atoms with E-state index in [4.69, 9.17) is 10.8 Å². The number of ether oxygens (including phenoxy) is 2. The van der Waals surface area contributed by atoms with Gasteiger partial charge < -0.3 is 20.3 Å². The van der Waals surface area contributed by atoms with E-state index in [2.05, 4.69) is 66.2 Å². The number of nitrogen functional groups attached to an aromatic ring is 1. The first-order valence-electron chi connectivity index (χ1n) is 23.2. The monoisotopic (exact) mass is 1250 g/mol. The highest BCUT2D eigenvalue weighted by Gasteiger charge is 2.14. The Hall–Kier alpha value is -9.04. The molecule has 2 aromatic carbocycles. The van der Waals surface area contributed by atoms with Gasteiger partial charge in [0.1, 0.15) is 37.4 Å². The Balaban J connectivity index is 0.000000275. The molecule has 0 radical (unpaired) electrons. The summed E-state index contributed by atoms with van der Waals surface area (Å²) in [6.07, 6.45) is 4.51. The second-order valence-electron chi connectivity index (χ2n) is 15.2. The van der Waals surface area contributed by atoms with Gasteiger partial charge in [0.2, 0.25) is 0 Å². The molecule has 0 aliphatic heterocycles. The van der Waals surface area contributed by atoms with Crippen LogP contribution in [0.3, 0.4) is 0 Å². The molecular weight excluding hydrogens is 1200 g/mol. The molecule has 0 saturated heterocycles. The van der Waals surface area contributed by atoms with Gasteiger partial charge in [-0.15, -0.1) is 22.7 Å². The molecule has 0 saturated carbocycles. The molecule has 6 aromatic heterocycles. The summed E-state index contributed by atoms with van der Waals surface area (Å²) in [5, 5.41) is 28.9. The van der Waals surface area contributed by atoms with Crippen molar-refractivity contribution >= 4 is 72.7 Å². The van der Waals surface area contributed by atoms with Gasteiger partial charge in [-0.2, -0.15) is 20.4 Å². The van der Waals surface area contributed by atoms with E-state index in [9.17, 15) is 64.7 Å². The number of nitrogens with one attached hydrogen (secondary N) is 2. The summed E-state index contributed by atoms with van der Waals surface area (Å²) in [7, 11) is 2.45. The maximum Gasteiger partial charge on any atom is 0.358 e. The molecule has 0 unspecified atom stereocenters. The molecule has 32 heteroatoms. The van der Waals surface area contributed by atoms with Crippen molar-refractivity contribution in [1.82, 2.24) is 49.5 Å². The SMILES string of the molecule is COC(=O)c1ccc(=O)[nH]n1.COC(=O)c1ccc(=O)n(CCF)n1.FCCBr.Nc1ncc(Cc2cccc(F)c2)s1.O=C(Nc1ncc(Cc2cccc(F)c2)s1)c1ccc(=O)n(CCF)n1.O=C(O)c1ccc(=O)n(CCF)n1. The van der Waals surface area contributed by atoms with Crippen LogP contribution in [0.5, 0.6) is 0 Å². The zero-order chi connectivity index (χ0) is 60.6. The van der Waals surface area contributed by atoms with E-state index in [0.717, 1.165) is 59.2 Å². The average Bonchev–Trinajstić information content (AvgIpc) is 4.11. The fourth-order valence-corrected chi connectivity index (χ4v) is 7.35. The van der Waals surface area contributed by atoms with E-state index in [-0.39, 0.29) is 66.3 Å². The molecular formula is C50H49BrF6N12O11S2. The molecule has 1 amide bonds. The van der Waals surface area contributed by atoms with Crippen molar-refractivity contribution in [2.75, 3.05) is 57.3 Å². The van der Waals surface area contributed by atoms with E-state index < -0.39 is 60.5 Å². The number of hydrogen-bond donors (Lipinski definition) is 4. The van der Waals surface area contributed by atoms with Gasteiger partial charge in [-0.1, -0.05) is 40.2 Å². The number of carboxylic acids is 1. The maximum absolute atomic E-state index is 13.2. The van der Waals surface area contributed by atoms with Gasteiger partial charge in [-0.05, 0) is 59.7 Å². The zero-order valence-electron chi connectivity index (χ0n) is 43.1. The largest absolute Gasteiger partial charge is 0.476 e. The minimum Gasteiger partial charge on any atom is -0.476 e. The Morgan fingerprint density at radius 3 is 1.49 bits per heavy atom. The maximum atomic E-state index is 13.2. The fourth-order valence-electron chi connectivity index (χ4n) is 5.79. The molecule has 0 atom stereocenters. The standard InChI is InChI=1S/C17H14F2N4O2S.C10H9FN2S.C8H9FN2O3.C7H7FN2O3.C6H6N2O3.C2H4BrF/c18-6-7-23-15(24)5-4-14(22-23)16(25)21-17-20-10-13(26-17)9-11-2-1-3-12(19)8-11;11-8-3-1-2-7(4-8)5-9-6-13-10(12)14-9;1-14-8(13)6-2-3-7(12)11(10-6)5-4-9;8-3-4-10-6(11)2-1-5(9-10)7(12)13;1-11-6(10)4-2-3-5(9)8-7-4;3-1-2-4/h1-5,8,10H,6-7,9H2,(H,20,21,25);1-4,6H,5H2,(H2,12,13);2-3H,4-5H2,1H3;1-2H,3-4H2,(H,12,13);2-3H,1H3,(H,8,9);1-2H2. The number of anilines is 2. The van der Waals surface area contributed by atoms with Crippen molar-refractivity contribution in [3.05, 3.63) is 206 Å². The summed E-state index contributed by atoms with van der Waals surface area (Å²) in [5.74, 6) is -3.54. The number of nitrogens with two attached hydrogens (primary N) is 1. The van der Waals surface area contributed by atoms with Crippen LogP contribution in [-0.2, 0) is 41.9 Å². The molecule has 0 bridgehead atoms. The number of aromatic amines is 1. The number of alkyl halides is 5. The van der Waals surface area contributed by atoms with Crippen molar-refractivity contribution in [2.24, 2.45) is 0 Å². The van der Waals surface area contributed by atoms with E-state index in [1.165, 1.54) is 85.4 Å². The lowest BCUT2D eigenvalue weighted by Gasteiger charge is -2.04. The molecule has 8 aromatic rings. The molecule has 23 nitrogen and oxygen atoms in total. The predicted octanol–water partition coefficient (Wildman–Crippen LogP) is 5.92. The first-order chi connectivity index (χ1) is 39.3. The van der Waals surface area contributed by atoms with E-state index >= 15 is 0 Å². The molecule has 6 heterocycles. The number of esters is 2. The number of carbonyl (C=O) groups excluding carboxylic acids is 3. The number of aryl methyl sites for hydroxylation is 3. The van der Waals surface area contributed by atoms with Crippen LogP contribution >= 0.6 is 38.6 Å². The van der Waals surface area contributed by atoms with Crippen LogP contribution in [0.15, 0.2) is 129 Å². The number of H-pyrrole nitrogens is 1. The number of amides is 1. The number of benzene rings is 2. The second kappa shape index (κ2) is 36.3. The van der Waals surface area contributed by atoms with Crippen molar-refractivity contribution in [3.63, 3.8) is 0 Å². The third kappa shape index (κ3) is 24.1. The number of hydrogen-bond acceptors (Lipinski definition) is 19. The number of thiazole rings is 2. The second-order valence-corrected chi connectivity index (χ2v) is 18.3. The van der Waals surface area contributed by atoms with Crippen molar-refractivity contribution in [2.45, 2.75) is 32.5 Å². The topological polar surface area (TPSA) is 321 Å². The Bertz CT molecular complexity index is 3560. The van der Waals surface area contributed by atoms with E-state index in [1.807, 2.05) is 6.07 Å². The van der Waals surface area contributed by atoms with Crippen LogP contribution in [0, 0.1) is 11.6 Å². The van der Waals surface area contributed by atoms with Gasteiger partial charge >= 0.3 is 17.9 Å². The molecule has 5 N–H and O–H groups in total. The van der Waals surface area contributed by atoms with Crippen LogP contribution in [0.2, 0.25) is 0 Å². The van der Waals surface area contributed by atoms with E-state index in [0.29, 0.717) is 28.4 Å². The summed E-state index contributed by atoms with van der Waals surface area (Å²) in [6, 6.07) is 22.3. The minimum absolute atomic E-state index is 0.0134. The summed E-state index contributed by atoms with van der Waals surface area (Å²) in [5.41, 5.74) is 5.23. The Kier molecular flexibility index (Phi) is 29.7. The number of nitrogens with zero attached hydrogens (tertiary/aromatic N) is 9. The summed E-state index contributed by atoms with van der Waals surface area (Å²) < 4.78 is 84.3. The van der Waals surface area contributed by atoms with Gasteiger partial charge in [0.25, 0.3) is 28.1 Å². The highest BCUT2D eigenvalue weighted by molar-refractivity contribution is 9.09. The molecule has 0 aliphatic carbocycles. The lowest BCUT2D eigenvalue weighted by Crippen LogP contribution is -2.26.